The molecule has 0 aliphatic carbocycles. The van der Waals surface area contributed by atoms with Crippen molar-refractivity contribution in [3.63, 3.8) is 0 Å². The zero-order valence-electron chi connectivity index (χ0n) is 22.0. The van der Waals surface area contributed by atoms with Crippen LogP contribution in [0.3, 0.4) is 0 Å². The van der Waals surface area contributed by atoms with Crippen molar-refractivity contribution in [1.82, 2.24) is 5.32 Å². The third kappa shape index (κ3) is 5.72. The minimum atomic E-state index is -0.533. The first-order valence-electron chi connectivity index (χ1n) is 12.4. The highest BCUT2D eigenvalue weighted by Crippen LogP contribution is 2.37. The minimum Gasteiger partial charge on any atom is -0.362 e. The van der Waals surface area contributed by atoms with E-state index in [2.05, 4.69) is 16.0 Å². The lowest BCUT2D eigenvalue weighted by atomic mass is 9.79. The summed E-state index contributed by atoms with van der Waals surface area (Å²) in [6.07, 6.45) is 2.04. The van der Waals surface area contributed by atoms with Crippen molar-refractivity contribution in [3.8, 4) is 0 Å². The molecule has 3 aromatic rings. The van der Waals surface area contributed by atoms with Gasteiger partial charge in [0.2, 0.25) is 0 Å². The molecule has 0 saturated heterocycles. The summed E-state index contributed by atoms with van der Waals surface area (Å²) in [5.74, 6) is -1.01. The molecule has 188 valence electrons. The summed E-state index contributed by atoms with van der Waals surface area (Å²) in [5.41, 5.74) is 7.82. The van der Waals surface area contributed by atoms with E-state index < -0.39 is 5.92 Å². The average Bonchev–Trinajstić information content (AvgIpc) is 2.86. The number of rotatable bonds is 6. The lowest BCUT2D eigenvalue weighted by Crippen LogP contribution is -2.36. The molecular formula is C32H33N3O2. The molecule has 0 fully saturated rings. The lowest BCUT2D eigenvalue weighted by molar-refractivity contribution is -0.113. The van der Waals surface area contributed by atoms with Crippen molar-refractivity contribution in [2.75, 3.05) is 10.6 Å². The van der Waals surface area contributed by atoms with Crippen molar-refractivity contribution < 1.29 is 9.59 Å². The molecule has 5 nitrogen and oxygen atoms in total. The van der Waals surface area contributed by atoms with Crippen LogP contribution in [0.15, 0.2) is 107 Å². The van der Waals surface area contributed by atoms with Gasteiger partial charge in [-0.15, -0.1) is 0 Å². The molecule has 3 N–H and O–H groups in total. The summed E-state index contributed by atoms with van der Waals surface area (Å²) < 4.78 is 0. The smallest absolute Gasteiger partial charge is 0.254 e. The number of hydrogen-bond donors (Lipinski definition) is 3. The number of amides is 2. The Morgan fingerprint density at radius 2 is 1.11 bits per heavy atom. The van der Waals surface area contributed by atoms with Gasteiger partial charge in [0.05, 0.1) is 0 Å². The first-order valence-corrected chi connectivity index (χ1v) is 12.4. The van der Waals surface area contributed by atoms with Gasteiger partial charge in [-0.05, 0) is 63.4 Å². The zero-order chi connectivity index (χ0) is 26.5. The van der Waals surface area contributed by atoms with Gasteiger partial charge in [-0.25, -0.2) is 0 Å². The zero-order valence-corrected chi connectivity index (χ0v) is 22.0. The Labute approximate surface area is 219 Å². The van der Waals surface area contributed by atoms with Crippen LogP contribution in [-0.4, -0.2) is 11.8 Å². The Kier molecular flexibility index (Phi) is 7.73. The van der Waals surface area contributed by atoms with Crippen molar-refractivity contribution in [2.45, 2.75) is 34.6 Å². The third-order valence-corrected chi connectivity index (χ3v) is 6.69. The quantitative estimate of drug-likeness (QED) is 0.357. The van der Waals surface area contributed by atoms with Gasteiger partial charge in [-0.1, -0.05) is 78.4 Å². The molecule has 1 aliphatic heterocycles. The fourth-order valence-electron chi connectivity index (χ4n) is 4.75. The summed E-state index contributed by atoms with van der Waals surface area (Å²) in [6, 6.07) is 25.3. The van der Waals surface area contributed by atoms with E-state index in [9.17, 15) is 9.59 Å². The number of carbonyl (C=O) groups excluding carboxylic acids is 2. The van der Waals surface area contributed by atoms with Gasteiger partial charge >= 0.3 is 0 Å². The van der Waals surface area contributed by atoms with E-state index in [0.29, 0.717) is 11.1 Å². The summed E-state index contributed by atoms with van der Waals surface area (Å²) in [7, 11) is 0. The number of anilines is 2. The molecule has 2 amide bonds. The van der Waals surface area contributed by atoms with Crippen molar-refractivity contribution in [2.24, 2.45) is 5.92 Å². The number of nitrogens with one attached hydrogen (secondary N) is 3. The molecule has 0 saturated carbocycles. The second-order valence-electron chi connectivity index (χ2n) is 9.47. The molecule has 5 heteroatoms. The maximum Gasteiger partial charge on any atom is 0.254 e. The predicted octanol–water partition coefficient (Wildman–Crippen LogP) is 6.75. The van der Waals surface area contributed by atoms with Crippen LogP contribution >= 0.6 is 0 Å². The Morgan fingerprint density at radius 3 is 1.57 bits per heavy atom. The van der Waals surface area contributed by atoms with E-state index >= 15 is 0 Å². The summed E-state index contributed by atoms with van der Waals surface area (Å²) in [5, 5.41) is 9.45. The van der Waals surface area contributed by atoms with Gasteiger partial charge in [-0.3, -0.25) is 9.59 Å². The highest BCUT2D eigenvalue weighted by molar-refractivity contribution is 6.11. The summed E-state index contributed by atoms with van der Waals surface area (Å²) in [6.45, 7) is 9.66. The molecule has 4 rings (SSSR count). The van der Waals surface area contributed by atoms with Crippen molar-refractivity contribution >= 4 is 29.3 Å². The van der Waals surface area contributed by atoms with Gasteiger partial charge in [0, 0.05) is 39.8 Å². The molecule has 0 bridgehead atoms. The minimum absolute atomic E-state index is 0.237. The largest absolute Gasteiger partial charge is 0.362 e. The molecule has 0 unspecified atom stereocenters. The predicted molar refractivity (Wildman–Crippen MR) is 152 cm³/mol. The van der Waals surface area contributed by atoms with E-state index in [0.717, 1.165) is 45.0 Å². The maximum absolute atomic E-state index is 13.8. The molecule has 1 aliphatic rings. The molecule has 0 aromatic heterocycles. The SMILES string of the molecule is CC1=C(C(=O)Nc2ccccc2C)C(/C(C)=C/c2ccccc2)C(C(=O)Nc2ccccc2C)=C(C)N1. The molecule has 0 atom stereocenters. The Hall–Kier alpha value is -4.38. The van der Waals surface area contributed by atoms with Gasteiger partial charge in [0.25, 0.3) is 11.8 Å². The number of dihydropyridines is 1. The lowest BCUT2D eigenvalue weighted by Gasteiger charge is -2.32. The Balaban J connectivity index is 1.78. The molecule has 0 spiro atoms. The fraction of sp³-hybridized carbons (Fsp3) is 0.188. The van der Waals surface area contributed by atoms with E-state index in [-0.39, 0.29) is 11.8 Å². The standard InChI is InChI=1S/C32H33N3O2/c1-20-13-9-11-17-26(20)34-31(36)29-23(4)33-24(5)30(32(37)35-27-18-12-10-14-21(27)2)28(29)22(3)19-25-15-7-6-8-16-25/h6-19,28,33H,1-5H3,(H,34,36)(H,35,37)/b22-19+. The molecule has 3 aromatic carbocycles. The third-order valence-electron chi connectivity index (χ3n) is 6.69. The van der Waals surface area contributed by atoms with E-state index in [4.69, 9.17) is 0 Å². The van der Waals surface area contributed by atoms with Crippen LogP contribution in [0.2, 0.25) is 0 Å². The first kappa shape index (κ1) is 25.7. The van der Waals surface area contributed by atoms with E-state index in [1.807, 2.05) is 120 Å². The Morgan fingerprint density at radius 1 is 0.676 bits per heavy atom. The Bertz CT molecular complexity index is 1350. The summed E-state index contributed by atoms with van der Waals surface area (Å²) >= 11 is 0. The van der Waals surface area contributed by atoms with Crippen LogP contribution in [0.25, 0.3) is 6.08 Å². The maximum atomic E-state index is 13.8. The molecular weight excluding hydrogens is 458 g/mol. The topological polar surface area (TPSA) is 70.2 Å². The highest BCUT2D eigenvalue weighted by Gasteiger charge is 2.36. The van der Waals surface area contributed by atoms with E-state index in [1.165, 1.54) is 0 Å². The van der Waals surface area contributed by atoms with Gasteiger partial charge < -0.3 is 16.0 Å². The van der Waals surface area contributed by atoms with Crippen LogP contribution in [0.4, 0.5) is 11.4 Å². The van der Waals surface area contributed by atoms with Crippen LogP contribution < -0.4 is 16.0 Å². The highest BCUT2D eigenvalue weighted by atomic mass is 16.2. The number of benzene rings is 3. The van der Waals surface area contributed by atoms with Gasteiger partial charge in [0.15, 0.2) is 0 Å². The number of hydrogen-bond acceptors (Lipinski definition) is 3. The molecule has 1 heterocycles. The van der Waals surface area contributed by atoms with E-state index in [1.54, 1.807) is 0 Å². The number of para-hydroxylation sites is 2. The first-order chi connectivity index (χ1) is 17.8. The van der Waals surface area contributed by atoms with Crippen LogP contribution in [0.5, 0.6) is 0 Å². The van der Waals surface area contributed by atoms with Gasteiger partial charge in [-0.2, -0.15) is 0 Å². The van der Waals surface area contributed by atoms with Crippen LogP contribution in [-0.2, 0) is 9.59 Å². The number of allylic oxidation sites excluding steroid dienone is 3. The van der Waals surface area contributed by atoms with Crippen LogP contribution in [0.1, 0.15) is 37.5 Å². The molecule has 0 radical (unpaired) electrons. The number of aryl methyl sites for hydroxylation is 2. The normalized spacial score (nSPS) is 14.4. The van der Waals surface area contributed by atoms with Gasteiger partial charge in [0.1, 0.15) is 0 Å². The summed E-state index contributed by atoms with van der Waals surface area (Å²) in [4.78, 5) is 27.6. The second-order valence-corrected chi connectivity index (χ2v) is 9.47. The molecule has 37 heavy (non-hydrogen) atoms. The fourth-order valence-corrected chi connectivity index (χ4v) is 4.75. The van der Waals surface area contributed by atoms with Crippen LogP contribution in [0, 0.1) is 19.8 Å². The van der Waals surface area contributed by atoms with Crippen molar-refractivity contribution in [1.29, 1.82) is 0 Å². The number of carbonyl (C=O) groups is 2. The average molecular weight is 492 g/mol. The second kappa shape index (κ2) is 11.1. The monoisotopic (exact) mass is 491 g/mol. The van der Waals surface area contributed by atoms with Crippen molar-refractivity contribution in [3.05, 3.63) is 124 Å².